The first-order valence-electron chi connectivity index (χ1n) is 6.02. The molecule has 2 aliphatic carbocycles. The average molecular weight is 205 g/mol. The SMILES string of the molecule is Cc1nn(CC2CCC3CC3C2)cc1N. The van der Waals surface area contributed by atoms with Gasteiger partial charge in [0.1, 0.15) is 0 Å². The van der Waals surface area contributed by atoms with Crippen molar-refractivity contribution in [2.75, 3.05) is 5.73 Å². The van der Waals surface area contributed by atoms with Crippen molar-refractivity contribution in [1.29, 1.82) is 0 Å². The molecule has 0 amide bonds. The van der Waals surface area contributed by atoms with Crippen molar-refractivity contribution < 1.29 is 0 Å². The van der Waals surface area contributed by atoms with Crippen LogP contribution in [-0.2, 0) is 6.54 Å². The van der Waals surface area contributed by atoms with E-state index in [-0.39, 0.29) is 0 Å². The van der Waals surface area contributed by atoms with Crippen molar-refractivity contribution in [3.63, 3.8) is 0 Å². The lowest BCUT2D eigenvalue weighted by atomic mass is 9.89. The molecule has 0 aliphatic heterocycles. The Kier molecular flexibility index (Phi) is 2.01. The molecule has 0 saturated heterocycles. The van der Waals surface area contributed by atoms with Gasteiger partial charge in [-0.15, -0.1) is 0 Å². The van der Waals surface area contributed by atoms with Gasteiger partial charge in [0.25, 0.3) is 0 Å². The van der Waals surface area contributed by atoms with Gasteiger partial charge in [-0.25, -0.2) is 0 Å². The number of aryl methyl sites for hydroxylation is 1. The maximum Gasteiger partial charge on any atom is 0.0822 e. The second-order valence-electron chi connectivity index (χ2n) is 5.33. The lowest BCUT2D eigenvalue weighted by molar-refractivity contribution is 0.296. The molecule has 2 saturated carbocycles. The van der Waals surface area contributed by atoms with Gasteiger partial charge in [-0.1, -0.05) is 0 Å². The van der Waals surface area contributed by atoms with Crippen LogP contribution >= 0.6 is 0 Å². The molecule has 2 N–H and O–H groups in total. The van der Waals surface area contributed by atoms with E-state index in [4.69, 9.17) is 5.73 Å². The normalized spacial score (nSPS) is 33.8. The van der Waals surface area contributed by atoms with Crippen LogP contribution in [0.1, 0.15) is 31.4 Å². The van der Waals surface area contributed by atoms with E-state index in [0.29, 0.717) is 0 Å². The van der Waals surface area contributed by atoms with E-state index in [9.17, 15) is 0 Å². The number of aromatic nitrogens is 2. The van der Waals surface area contributed by atoms with Gasteiger partial charge in [-0.2, -0.15) is 5.10 Å². The van der Waals surface area contributed by atoms with E-state index in [1.807, 2.05) is 17.8 Å². The highest BCUT2D eigenvalue weighted by atomic mass is 15.3. The van der Waals surface area contributed by atoms with Crippen molar-refractivity contribution in [2.45, 2.75) is 39.2 Å². The second kappa shape index (κ2) is 3.26. The number of hydrogen-bond donors (Lipinski definition) is 1. The Morgan fingerprint density at radius 1 is 1.40 bits per heavy atom. The summed E-state index contributed by atoms with van der Waals surface area (Å²) >= 11 is 0. The first-order chi connectivity index (χ1) is 7.22. The molecule has 3 unspecified atom stereocenters. The highest BCUT2D eigenvalue weighted by molar-refractivity contribution is 5.39. The van der Waals surface area contributed by atoms with Gasteiger partial charge in [-0.05, 0) is 50.4 Å². The molecule has 1 aromatic rings. The van der Waals surface area contributed by atoms with E-state index in [0.717, 1.165) is 35.7 Å². The third-order valence-corrected chi connectivity index (χ3v) is 4.08. The number of nitrogens with two attached hydrogens (primary N) is 1. The zero-order chi connectivity index (χ0) is 10.4. The summed E-state index contributed by atoms with van der Waals surface area (Å²) in [6.07, 6.45) is 7.74. The Labute approximate surface area is 90.7 Å². The summed E-state index contributed by atoms with van der Waals surface area (Å²) in [6.45, 7) is 3.05. The van der Waals surface area contributed by atoms with E-state index in [1.54, 1.807) is 0 Å². The topological polar surface area (TPSA) is 43.8 Å². The van der Waals surface area contributed by atoms with Crippen molar-refractivity contribution in [2.24, 2.45) is 17.8 Å². The minimum atomic E-state index is 0.829. The Balaban J connectivity index is 1.64. The number of fused-ring (bicyclic) bond motifs is 1. The van der Waals surface area contributed by atoms with Crippen molar-refractivity contribution >= 4 is 5.69 Å². The molecule has 0 aromatic carbocycles. The number of hydrogen-bond acceptors (Lipinski definition) is 2. The number of nitrogens with zero attached hydrogens (tertiary/aromatic N) is 2. The first-order valence-corrected chi connectivity index (χ1v) is 6.02. The highest BCUT2D eigenvalue weighted by Gasteiger charge is 2.41. The summed E-state index contributed by atoms with van der Waals surface area (Å²) in [4.78, 5) is 0. The zero-order valence-corrected chi connectivity index (χ0v) is 9.32. The van der Waals surface area contributed by atoms with Crippen LogP contribution in [0.2, 0.25) is 0 Å². The molecular formula is C12H19N3. The average Bonchev–Trinajstić information content (AvgIpc) is 2.88. The number of nitrogen functional groups attached to an aromatic ring is 1. The summed E-state index contributed by atoms with van der Waals surface area (Å²) < 4.78 is 2.04. The first kappa shape index (κ1) is 9.25. The van der Waals surface area contributed by atoms with Crippen LogP contribution in [0, 0.1) is 24.7 Å². The minimum Gasteiger partial charge on any atom is -0.396 e. The van der Waals surface area contributed by atoms with Gasteiger partial charge in [0.2, 0.25) is 0 Å². The van der Waals surface area contributed by atoms with E-state index >= 15 is 0 Å². The molecule has 1 aromatic heterocycles. The van der Waals surface area contributed by atoms with Gasteiger partial charge in [0, 0.05) is 12.7 Å². The summed E-state index contributed by atoms with van der Waals surface area (Å²) in [6, 6.07) is 0. The van der Waals surface area contributed by atoms with Crippen LogP contribution < -0.4 is 5.73 Å². The zero-order valence-electron chi connectivity index (χ0n) is 9.32. The number of rotatable bonds is 2. The molecule has 3 rings (SSSR count). The van der Waals surface area contributed by atoms with Gasteiger partial charge < -0.3 is 5.73 Å². The molecule has 15 heavy (non-hydrogen) atoms. The lowest BCUT2D eigenvalue weighted by Crippen LogP contribution is -2.15. The standard InChI is InChI=1S/C12H19N3/c1-8-12(13)7-15(14-8)6-9-2-3-10-5-11(10)4-9/h7,9-11H,2-6,13H2,1H3. The fraction of sp³-hybridized carbons (Fsp3) is 0.750. The quantitative estimate of drug-likeness (QED) is 0.804. The van der Waals surface area contributed by atoms with Crippen LogP contribution in [0.15, 0.2) is 6.20 Å². The minimum absolute atomic E-state index is 0.829. The van der Waals surface area contributed by atoms with Crippen LogP contribution in [0.4, 0.5) is 5.69 Å². The summed E-state index contributed by atoms with van der Waals surface area (Å²) in [5.74, 6) is 2.98. The molecule has 2 aliphatic rings. The molecule has 3 heteroatoms. The molecule has 3 nitrogen and oxygen atoms in total. The number of anilines is 1. The molecule has 0 spiro atoms. The van der Waals surface area contributed by atoms with E-state index in [2.05, 4.69) is 5.10 Å². The van der Waals surface area contributed by atoms with Crippen LogP contribution in [-0.4, -0.2) is 9.78 Å². The maximum absolute atomic E-state index is 5.80. The Morgan fingerprint density at radius 2 is 2.27 bits per heavy atom. The molecular weight excluding hydrogens is 186 g/mol. The monoisotopic (exact) mass is 205 g/mol. The predicted octanol–water partition coefficient (Wildman–Crippen LogP) is 2.21. The maximum atomic E-state index is 5.80. The third kappa shape index (κ3) is 1.75. The fourth-order valence-electron chi connectivity index (χ4n) is 3.01. The van der Waals surface area contributed by atoms with Crippen LogP contribution in [0.25, 0.3) is 0 Å². The molecule has 3 atom stereocenters. The van der Waals surface area contributed by atoms with Crippen molar-refractivity contribution in [3.05, 3.63) is 11.9 Å². The van der Waals surface area contributed by atoms with Gasteiger partial charge in [-0.3, -0.25) is 4.68 Å². The van der Waals surface area contributed by atoms with Crippen molar-refractivity contribution in [1.82, 2.24) is 9.78 Å². The largest absolute Gasteiger partial charge is 0.396 e. The van der Waals surface area contributed by atoms with E-state index < -0.39 is 0 Å². The Hall–Kier alpha value is -0.990. The fourth-order valence-corrected chi connectivity index (χ4v) is 3.01. The third-order valence-electron chi connectivity index (χ3n) is 4.08. The Morgan fingerprint density at radius 3 is 2.93 bits per heavy atom. The van der Waals surface area contributed by atoms with Gasteiger partial charge in [0.15, 0.2) is 0 Å². The van der Waals surface area contributed by atoms with Gasteiger partial charge >= 0.3 is 0 Å². The second-order valence-corrected chi connectivity index (χ2v) is 5.33. The Bertz CT molecular complexity index is 349. The molecule has 82 valence electrons. The molecule has 1 heterocycles. The summed E-state index contributed by atoms with van der Waals surface area (Å²) in [5, 5.41) is 4.43. The van der Waals surface area contributed by atoms with E-state index in [1.165, 1.54) is 25.7 Å². The molecule has 2 fully saturated rings. The van der Waals surface area contributed by atoms with Crippen molar-refractivity contribution in [3.8, 4) is 0 Å². The summed E-state index contributed by atoms with van der Waals surface area (Å²) in [7, 11) is 0. The van der Waals surface area contributed by atoms with Crippen LogP contribution in [0.5, 0.6) is 0 Å². The highest BCUT2D eigenvalue weighted by Crippen LogP contribution is 2.51. The summed E-state index contributed by atoms with van der Waals surface area (Å²) in [5.41, 5.74) is 7.59. The molecule has 0 radical (unpaired) electrons. The molecule has 0 bridgehead atoms. The van der Waals surface area contributed by atoms with Crippen LogP contribution in [0.3, 0.4) is 0 Å². The smallest absolute Gasteiger partial charge is 0.0822 e. The predicted molar refractivity (Wildman–Crippen MR) is 60.3 cm³/mol. The van der Waals surface area contributed by atoms with Gasteiger partial charge in [0.05, 0.1) is 11.4 Å². The lowest BCUT2D eigenvalue weighted by Gasteiger charge is -2.20.